The Labute approximate surface area is 140 Å². The first-order valence-electron chi connectivity index (χ1n) is 7.31. The lowest BCUT2D eigenvalue weighted by Crippen LogP contribution is -2.17. The zero-order valence-electron chi connectivity index (χ0n) is 12.9. The molecule has 0 saturated heterocycles. The standard InChI is InChI=1S/C17H15F3N2OS/c1-11-7-13(24-10-11)8-14-15(17(18,19)20)22(21-16(14)23)9-12-5-3-2-4-6-12/h2-7,10H,8-9H2,1H3,(H,21,23). The van der Waals surface area contributed by atoms with Crippen molar-refractivity contribution in [3.05, 3.63) is 79.4 Å². The molecule has 0 unspecified atom stereocenters. The molecule has 2 heterocycles. The molecule has 0 atom stereocenters. The first kappa shape index (κ1) is 16.6. The smallest absolute Gasteiger partial charge is 0.276 e. The second-order valence-electron chi connectivity index (χ2n) is 5.60. The number of aromatic amines is 1. The van der Waals surface area contributed by atoms with E-state index in [1.807, 2.05) is 12.3 Å². The summed E-state index contributed by atoms with van der Waals surface area (Å²) in [6, 6.07) is 10.5. The van der Waals surface area contributed by atoms with E-state index in [9.17, 15) is 18.0 Å². The van der Waals surface area contributed by atoms with E-state index in [1.54, 1.807) is 36.4 Å². The van der Waals surface area contributed by atoms with Crippen LogP contribution in [0.25, 0.3) is 0 Å². The molecule has 3 nitrogen and oxygen atoms in total. The number of benzene rings is 1. The number of aryl methyl sites for hydroxylation is 1. The van der Waals surface area contributed by atoms with Crippen LogP contribution in [-0.2, 0) is 19.1 Å². The van der Waals surface area contributed by atoms with Crippen LogP contribution < -0.4 is 5.56 Å². The maximum absolute atomic E-state index is 13.6. The highest BCUT2D eigenvalue weighted by molar-refractivity contribution is 7.10. The van der Waals surface area contributed by atoms with Gasteiger partial charge in [-0.05, 0) is 29.5 Å². The molecule has 0 spiro atoms. The third kappa shape index (κ3) is 3.46. The molecule has 7 heteroatoms. The van der Waals surface area contributed by atoms with Crippen LogP contribution in [0.3, 0.4) is 0 Å². The molecule has 0 aliphatic rings. The summed E-state index contributed by atoms with van der Waals surface area (Å²) in [6.07, 6.45) is -4.62. The summed E-state index contributed by atoms with van der Waals surface area (Å²) >= 11 is 1.36. The first-order valence-corrected chi connectivity index (χ1v) is 8.19. The van der Waals surface area contributed by atoms with Crippen molar-refractivity contribution in [3.8, 4) is 0 Å². The van der Waals surface area contributed by atoms with Gasteiger partial charge in [-0.2, -0.15) is 13.2 Å². The topological polar surface area (TPSA) is 37.8 Å². The van der Waals surface area contributed by atoms with Crippen LogP contribution in [-0.4, -0.2) is 9.78 Å². The van der Waals surface area contributed by atoms with Crippen molar-refractivity contribution in [3.63, 3.8) is 0 Å². The number of nitrogens with zero attached hydrogens (tertiary/aromatic N) is 1. The first-order chi connectivity index (χ1) is 11.3. The Hall–Kier alpha value is -2.28. The maximum atomic E-state index is 13.6. The Kier molecular flexibility index (Phi) is 4.36. The van der Waals surface area contributed by atoms with Gasteiger partial charge in [0.1, 0.15) is 5.69 Å². The number of alkyl halides is 3. The Morgan fingerprint density at radius 3 is 2.50 bits per heavy atom. The highest BCUT2D eigenvalue weighted by Crippen LogP contribution is 2.32. The molecule has 24 heavy (non-hydrogen) atoms. The lowest BCUT2D eigenvalue weighted by molar-refractivity contribution is -0.144. The van der Waals surface area contributed by atoms with Crippen molar-refractivity contribution in [1.29, 1.82) is 0 Å². The molecule has 1 N–H and O–H groups in total. The average Bonchev–Trinajstić information content (AvgIpc) is 3.04. The predicted octanol–water partition coefficient (Wildman–Crippen LogP) is 4.20. The van der Waals surface area contributed by atoms with Crippen molar-refractivity contribution in [2.75, 3.05) is 0 Å². The number of hydrogen-bond donors (Lipinski definition) is 1. The summed E-state index contributed by atoms with van der Waals surface area (Å²) in [5, 5.41) is 4.20. The van der Waals surface area contributed by atoms with Gasteiger partial charge in [-0.25, -0.2) is 0 Å². The van der Waals surface area contributed by atoms with E-state index < -0.39 is 17.4 Å². The van der Waals surface area contributed by atoms with Crippen molar-refractivity contribution < 1.29 is 13.2 Å². The van der Waals surface area contributed by atoms with Gasteiger partial charge in [0.15, 0.2) is 0 Å². The van der Waals surface area contributed by atoms with Crippen LogP contribution in [0.4, 0.5) is 13.2 Å². The molecule has 3 aromatic rings. The number of thiophene rings is 1. The van der Waals surface area contributed by atoms with E-state index in [4.69, 9.17) is 0 Å². The largest absolute Gasteiger partial charge is 0.433 e. The van der Waals surface area contributed by atoms with Gasteiger partial charge >= 0.3 is 6.18 Å². The maximum Gasteiger partial charge on any atom is 0.433 e. The van der Waals surface area contributed by atoms with E-state index in [2.05, 4.69) is 5.10 Å². The van der Waals surface area contributed by atoms with Crippen molar-refractivity contribution in [2.45, 2.75) is 26.1 Å². The summed E-state index contributed by atoms with van der Waals surface area (Å²) in [6.45, 7) is 1.84. The van der Waals surface area contributed by atoms with Crippen LogP contribution in [0.2, 0.25) is 0 Å². The fourth-order valence-corrected chi connectivity index (χ4v) is 3.53. The Morgan fingerprint density at radius 1 is 1.21 bits per heavy atom. The third-order valence-electron chi connectivity index (χ3n) is 3.65. The van der Waals surface area contributed by atoms with Crippen molar-refractivity contribution in [1.82, 2.24) is 9.78 Å². The molecule has 0 aliphatic carbocycles. The number of rotatable bonds is 4. The fraction of sp³-hybridized carbons (Fsp3) is 0.235. The summed E-state index contributed by atoms with van der Waals surface area (Å²) in [4.78, 5) is 12.9. The highest BCUT2D eigenvalue weighted by Gasteiger charge is 2.39. The molecule has 0 radical (unpaired) electrons. The SMILES string of the molecule is Cc1csc(Cc2c(C(F)(F)F)n(Cc3ccccc3)[nH]c2=O)c1. The number of hydrogen-bond acceptors (Lipinski definition) is 2. The fourth-order valence-electron chi connectivity index (χ4n) is 2.65. The molecule has 0 bridgehead atoms. The van der Waals surface area contributed by atoms with Gasteiger partial charge < -0.3 is 0 Å². The quantitative estimate of drug-likeness (QED) is 0.751. The minimum absolute atomic E-state index is 0.0233. The zero-order valence-corrected chi connectivity index (χ0v) is 13.7. The Balaban J connectivity index is 2.04. The monoisotopic (exact) mass is 352 g/mol. The second-order valence-corrected chi connectivity index (χ2v) is 6.60. The Bertz CT molecular complexity index is 891. The molecule has 2 aromatic heterocycles. The van der Waals surface area contributed by atoms with E-state index in [0.29, 0.717) is 5.56 Å². The van der Waals surface area contributed by atoms with Crippen LogP contribution in [0.15, 0.2) is 46.6 Å². The van der Waals surface area contributed by atoms with Crippen molar-refractivity contribution in [2.24, 2.45) is 0 Å². The number of aromatic nitrogens is 2. The third-order valence-corrected chi connectivity index (χ3v) is 4.71. The zero-order chi connectivity index (χ0) is 17.3. The van der Waals surface area contributed by atoms with Crippen LogP contribution >= 0.6 is 11.3 Å². The van der Waals surface area contributed by atoms with Gasteiger partial charge in [0.2, 0.25) is 0 Å². The molecule has 0 fully saturated rings. The van der Waals surface area contributed by atoms with E-state index in [-0.39, 0.29) is 18.5 Å². The minimum atomic E-state index is -4.60. The summed E-state index contributed by atoms with van der Waals surface area (Å²) < 4.78 is 41.6. The van der Waals surface area contributed by atoms with E-state index in [0.717, 1.165) is 15.1 Å². The van der Waals surface area contributed by atoms with Gasteiger partial charge in [0.25, 0.3) is 5.56 Å². The average molecular weight is 352 g/mol. The molecular weight excluding hydrogens is 337 g/mol. The molecule has 0 amide bonds. The molecule has 1 aromatic carbocycles. The van der Waals surface area contributed by atoms with Crippen LogP contribution in [0, 0.1) is 6.92 Å². The lowest BCUT2D eigenvalue weighted by atomic mass is 10.1. The summed E-state index contributed by atoms with van der Waals surface area (Å²) in [5.74, 6) is 0. The van der Waals surface area contributed by atoms with Gasteiger partial charge in [-0.3, -0.25) is 14.6 Å². The minimum Gasteiger partial charge on any atom is -0.276 e. The number of H-pyrrole nitrogens is 1. The van der Waals surface area contributed by atoms with Gasteiger partial charge in [0.05, 0.1) is 12.1 Å². The van der Waals surface area contributed by atoms with Crippen LogP contribution in [0.1, 0.15) is 27.3 Å². The van der Waals surface area contributed by atoms with Gasteiger partial charge in [-0.1, -0.05) is 30.3 Å². The molecule has 0 saturated carbocycles. The van der Waals surface area contributed by atoms with E-state index in [1.165, 1.54) is 11.3 Å². The highest BCUT2D eigenvalue weighted by atomic mass is 32.1. The Morgan fingerprint density at radius 2 is 1.92 bits per heavy atom. The van der Waals surface area contributed by atoms with Crippen LogP contribution in [0.5, 0.6) is 0 Å². The molecular formula is C17H15F3N2OS. The van der Waals surface area contributed by atoms with E-state index >= 15 is 0 Å². The summed E-state index contributed by atoms with van der Waals surface area (Å²) in [5.41, 5.74) is -0.163. The summed E-state index contributed by atoms with van der Waals surface area (Å²) in [7, 11) is 0. The lowest BCUT2D eigenvalue weighted by Gasteiger charge is -2.13. The number of halogens is 3. The van der Waals surface area contributed by atoms with Gasteiger partial charge in [-0.15, -0.1) is 11.3 Å². The number of nitrogens with one attached hydrogen (secondary N) is 1. The van der Waals surface area contributed by atoms with Gasteiger partial charge in [0, 0.05) is 11.3 Å². The molecule has 3 rings (SSSR count). The van der Waals surface area contributed by atoms with Crippen molar-refractivity contribution >= 4 is 11.3 Å². The predicted molar refractivity (Wildman–Crippen MR) is 87.5 cm³/mol. The molecule has 0 aliphatic heterocycles. The second kappa shape index (κ2) is 6.32. The molecule has 126 valence electrons. The normalized spacial score (nSPS) is 11.8.